The smallest absolute Gasteiger partial charge is 0.480 e. The first kappa shape index (κ1) is 17.6. The Balaban J connectivity index is 4.49. The van der Waals surface area contributed by atoms with Gasteiger partial charge in [-0.2, -0.15) is 0 Å². The van der Waals surface area contributed by atoms with Gasteiger partial charge in [-0.05, 0) is 0 Å². The van der Waals surface area contributed by atoms with Crippen LogP contribution in [0.25, 0.3) is 0 Å². The second kappa shape index (κ2) is 8.66. The lowest BCUT2D eigenvalue weighted by Crippen LogP contribution is -2.42. The lowest BCUT2D eigenvalue weighted by molar-refractivity contribution is -0.160. The summed E-state index contributed by atoms with van der Waals surface area (Å²) in [6.45, 7) is -2.40. The number of rotatable bonds is 10. The maximum Gasteiger partial charge on any atom is 0.525 e. The summed E-state index contributed by atoms with van der Waals surface area (Å²) in [5.41, 5.74) is 0. The van der Waals surface area contributed by atoms with Crippen LogP contribution in [-0.4, -0.2) is 87.2 Å². The monoisotopic (exact) mass is 294 g/mol. The van der Waals surface area contributed by atoms with E-state index < -0.39 is 43.7 Å². The molecule has 0 spiro atoms. The lowest BCUT2D eigenvalue weighted by atomic mass is 10.4. The largest absolute Gasteiger partial charge is 0.525 e. The molecule has 0 fully saturated rings. The zero-order valence-electron chi connectivity index (χ0n) is 10.3. The molecule has 0 aromatic rings. The molecule has 0 amide bonds. The molecule has 0 aromatic carbocycles. The average molecular weight is 294 g/mol. The van der Waals surface area contributed by atoms with Crippen LogP contribution >= 0.6 is 0 Å². The predicted octanol–water partition coefficient (Wildman–Crippen LogP) is -1.55. The van der Waals surface area contributed by atoms with Gasteiger partial charge in [0.15, 0.2) is 0 Å². The summed E-state index contributed by atoms with van der Waals surface area (Å²) in [7, 11) is 0. The molecule has 0 unspecified atom stereocenters. The van der Waals surface area contributed by atoms with Gasteiger partial charge in [-0.1, -0.05) is 0 Å². The molecule has 0 bridgehead atoms. The summed E-state index contributed by atoms with van der Waals surface area (Å²) in [4.78, 5) is 47.0. The second-order valence-corrected chi connectivity index (χ2v) is 3.61. The van der Waals surface area contributed by atoms with E-state index in [1.165, 1.54) is 0 Å². The van der Waals surface area contributed by atoms with Crippen molar-refractivity contribution < 1.29 is 44.4 Å². The van der Waals surface area contributed by atoms with E-state index in [0.717, 1.165) is 4.90 Å². The van der Waals surface area contributed by atoms with Gasteiger partial charge in [-0.25, -0.2) is 4.79 Å². The molecule has 0 aliphatic heterocycles. The van der Waals surface area contributed by atoms with E-state index in [0.29, 0.717) is 5.06 Å². The van der Waals surface area contributed by atoms with E-state index in [1.54, 1.807) is 0 Å². The van der Waals surface area contributed by atoms with E-state index >= 15 is 0 Å². The van der Waals surface area contributed by atoms with Gasteiger partial charge in [0, 0.05) is 13.1 Å². The highest BCUT2D eigenvalue weighted by molar-refractivity contribution is 5.72. The first-order valence-electron chi connectivity index (χ1n) is 5.24. The highest BCUT2D eigenvalue weighted by atomic mass is 16.8. The number of hydroxylamine groups is 2. The SMILES string of the molecule is O=C(O)CN(CCN(CC(=O)O)OC(=O)O)CC(=O)O. The zero-order valence-corrected chi connectivity index (χ0v) is 10.3. The van der Waals surface area contributed by atoms with Crippen molar-refractivity contribution in [3.8, 4) is 0 Å². The summed E-state index contributed by atoms with van der Waals surface area (Å²) in [6.07, 6.45) is -1.73. The predicted molar refractivity (Wildman–Crippen MR) is 60.0 cm³/mol. The molecule has 0 aromatic heterocycles. The van der Waals surface area contributed by atoms with Crippen LogP contribution in [0.2, 0.25) is 0 Å². The third-order valence-electron chi connectivity index (χ3n) is 1.90. The third-order valence-corrected chi connectivity index (χ3v) is 1.90. The summed E-state index contributed by atoms with van der Waals surface area (Å²) >= 11 is 0. The average Bonchev–Trinajstić information content (AvgIpc) is 2.22. The molecule has 4 N–H and O–H groups in total. The van der Waals surface area contributed by atoms with E-state index in [1.807, 2.05) is 0 Å². The number of aliphatic carboxylic acids is 3. The van der Waals surface area contributed by atoms with Crippen molar-refractivity contribution in [2.24, 2.45) is 0 Å². The Labute approximate surface area is 112 Å². The van der Waals surface area contributed by atoms with E-state index in [2.05, 4.69) is 4.84 Å². The number of hydrogen-bond acceptors (Lipinski definition) is 7. The number of hydrogen-bond donors (Lipinski definition) is 4. The van der Waals surface area contributed by atoms with Crippen LogP contribution in [0.15, 0.2) is 0 Å². The minimum atomic E-state index is -1.73. The van der Waals surface area contributed by atoms with Crippen LogP contribution in [0.4, 0.5) is 4.79 Å². The summed E-state index contributed by atoms with van der Waals surface area (Å²) in [5, 5.41) is 34.7. The summed E-state index contributed by atoms with van der Waals surface area (Å²) < 4.78 is 0. The standard InChI is InChI=1S/C9H14N2O9/c12-6(13)3-10(4-7(14)15)1-2-11(5-8(16)17)20-9(18)19/h1-5H2,(H,12,13)(H,14,15)(H,16,17)(H,18,19). The number of nitrogens with zero attached hydrogens (tertiary/aromatic N) is 2. The normalized spacial score (nSPS) is 10.5. The van der Waals surface area contributed by atoms with Crippen LogP contribution in [-0.2, 0) is 19.2 Å². The van der Waals surface area contributed by atoms with Crippen molar-refractivity contribution in [3.05, 3.63) is 0 Å². The Bertz CT molecular complexity index is 316. The molecule has 11 heteroatoms. The molecule has 0 heterocycles. The second-order valence-electron chi connectivity index (χ2n) is 3.61. The van der Waals surface area contributed by atoms with Crippen LogP contribution in [0.1, 0.15) is 0 Å². The first-order valence-corrected chi connectivity index (χ1v) is 5.24. The maximum absolute atomic E-state index is 10.5. The molecule has 0 rings (SSSR count). The molecule has 0 aliphatic carbocycles. The highest BCUT2D eigenvalue weighted by Gasteiger charge is 2.18. The van der Waals surface area contributed by atoms with Crippen molar-refractivity contribution >= 4 is 24.1 Å². The van der Waals surface area contributed by atoms with Crippen LogP contribution in [0.5, 0.6) is 0 Å². The van der Waals surface area contributed by atoms with Crippen molar-refractivity contribution in [3.63, 3.8) is 0 Å². The Morgan fingerprint density at radius 3 is 1.55 bits per heavy atom. The summed E-state index contributed by atoms with van der Waals surface area (Å²) in [6, 6.07) is 0. The van der Waals surface area contributed by atoms with Gasteiger partial charge in [-0.3, -0.25) is 19.3 Å². The van der Waals surface area contributed by atoms with Crippen LogP contribution in [0, 0.1) is 0 Å². The van der Waals surface area contributed by atoms with Crippen LogP contribution in [0.3, 0.4) is 0 Å². The van der Waals surface area contributed by atoms with Crippen molar-refractivity contribution in [1.29, 1.82) is 0 Å². The summed E-state index contributed by atoms with van der Waals surface area (Å²) in [5.74, 6) is -3.89. The maximum atomic E-state index is 10.5. The molecule has 0 atom stereocenters. The van der Waals surface area contributed by atoms with Gasteiger partial charge >= 0.3 is 24.1 Å². The Hall–Kier alpha value is -2.40. The minimum absolute atomic E-state index is 0.195. The molecule has 0 saturated carbocycles. The Morgan fingerprint density at radius 1 is 0.750 bits per heavy atom. The van der Waals surface area contributed by atoms with Gasteiger partial charge < -0.3 is 25.3 Å². The first-order chi connectivity index (χ1) is 9.20. The molecule has 0 saturated heterocycles. The lowest BCUT2D eigenvalue weighted by Gasteiger charge is -2.22. The number of carbonyl (C=O) groups is 4. The van der Waals surface area contributed by atoms with Crippen molar-refractivity contribution in [1.82, 2.24) is 9.96 Å². The molecule has 0 radical (unpaired) electrons. The number of carboxylic acids is 3. The topological polar surface area (TPSA) is 165 Å². The van der Waals surface area contributed by atoms with Crippen molar-refractivity contribution in [2.75, 3.05) is 32.7 Å². The molecule has 20 heavy (non-hydrogen) atoms. The fraction of sp³-hybridized carbons (Fsp3) is 0.556. The van der Waals surface area contributed by atoms with E-state index in [-0.39, 0.29) is 13.1 Å². The van der Waals surface area contributed by atoms with Gasteiger partial charge in [0.05, 0.1) is 13.1 Å². The van der Waals surface area contributed by atoms with E-state index in [4.69, 9.17) is 20.4 Å². The van der Waals surface area contributed by atoms with Gasteiger partial charge in [-0.15, -0.1) is 5.06 Å². The zero-order chi connectivity index (χ0) is 15.7. The van der Waals surface area contributed by atoms with Crippen LogP contribution < -0.4 is 0 Å². The van der Waals surface area contributed by atoms with Crippen molar-refractivity contribution in [2.45, 2.75) is 0 Å². The highest BCUT2D eigenvalue weighted by Crippen LogP contribution is 1.95. The van der Waals surface area contributed by atoms with Gasteiger partial charge in [0.1, 0.15) is 6.54 Å². The fourth-order valence-corrected chi connectivity index (χ4v) is 1.27. The molecule has 11 nitrogen and oxygen atoms in total. The third kappa shape index (κ3) is 9.61. The Kier molecular flexibility index (Phi) is 7.62. The minimum Gasteiger partial charge on any atom is -0.480 e. The molecular formula is C9H14N2O9. The van der Waals surface area contributed by atoms with E-state index in [9.17, 15) is 19.2 Å². The molecular weight excluding hydrogens is 280 g/mol. The quantitative estimate of drug-likeness (QED) is 0.345. The van der Waals surface area contributed by atoms with Gasteiger partial charge in [0.2, 0.25) is 0 Å². The Morgan fingerprint density at radius 2 is 1.20 bits per heavy atom. The molecule has 0 aliphatic rings. The van der Waals surface area contributed by atoms with Gasteiger partial charge in [0.25, 0.3) is 0 Å². The number of carboxylic acid groups (broad SMARTS) is 4. The molecule has 114 valence electrons. The fourth-order valence-electron chi connectivity index (χ4n) is 1.27.